The molecule has 1 aromatic rings. The molecule has 0 saturated carbocycles. The second-order valence-corrected chi connectivity index (χ2v) is 5.05. The number of hydrogen-bond donors (Lipinski definition) is 3. The number of carbonyl (C=O) groups is 2. The molecule has 2 amide bonds. The predicted molar refractivity (Wildman–Crippen MR) is 69.3 cm³/mol. The normalized spacial score (nSPS) is 27.4. The number of rotatable bonds is 2. The zero-order valence-corrected chi connectivity index (χ0v) is 10.7. The largest absolute Gasteiger partial charge is 0.363 e. The first-order valence-electron chi connectivity index (χ1n) is 6.69. The number of hydrogen-bond acceptors (Lipinski definition) is 3. The van der Waals surface area contributed by atoms with Crippen LogP contribution >= 0.6 is 0 Å². The van der Waals surface area contributed by atoms with Crippen molar-refractivity contribution in [1.82, 2.24) is 20.5 Å². The van der Waals surface area contributed by atoms with E-state index < -0.39 is 0 Å². The van der Waals surface area contributed by atoms with Crippen molar-refractivity contribution < 1.29 is 9.59 Å². The summed E-state index contributed by atoms with van der Waals surface area (Å²) in [5.74, 6) is 0.0310. The van der Waals surface area contributed by atoms with E-state index in [1.807, 2.05) is 23.2 Å². The predicted octanol–water partition coefficient (Wildman–Crippen LogP) is -0.234. The molecule has 2 unspecified atom stereocenters. The fourth-order valence-corrected chi connectivity index (χ4v) is 2.85. The van der Waals surface area contributed by atoms with E-state index in [1.165, 1.54) is 0 Å². The van der Waals surface area contributed by atoms with E-state index in [0.29, 0.717) is 6.54 Å². The third-order valence-electron chi connectivity index (χ3n) is 3.83. The Labute approximate surface area is 111 Å². The van der Waals surface area contributed by atoms with Gasteiger partial charge in [0.1, 0.15) is 6.04 Å². The number of nitrogens with one attached hydrogen (secondary N) is 3. The molecule has 1 aromatic heterocycles. The molecular weight excluding hydrogens is 244 g/mol. The second kappa shape index (κ2) is 5.05. The molecule has 102 valence electrons. The van der Waals surface area contributed by atoms with Gasteiger partial charge in [-0.25, -0.2) is 0 Å². The maximum absolute atomic E-state index is 12.5. The van der Waals surface area contributed by atoms with Crippen LogP contribution in [0.1, 0.15) is 24.6 Å². The number of nitrogens with zero attached hydrogens (tertiary/aromatic N) is 1. The van der Waals surface area contributed by atoms with Gasteiger partial charge >= 0.3 is 0 Å². The molecule has 0 radical (unpaired) electrons. The van der Waals surface area contributed by atoms with E-state index in [0.717, 1.165) is 25.1 Å². The van der Waals surface area contributed by atoms with Crippen LogP contribution in [0.25, 0.3) is 0 Å². The van der Waals surface area contributed by atoms with Crippen molar-refractivity contribution in [3.05, 3.63) is 24.0 Å². The number of aromatic amines is 1. The summed E-state index contributed by atoms with van der Waals surface area (Å²) >= 11 is 0. The van der Waals surface area contributed by atoms with Gasteiger partial charge in [-0.1, -0.05) is 0 Å². The highest BCUT2D eigenvalue weighted by atomic mass is 16.2. The molecule has 6 nitrogen and oxygen atoms in total. The van der Waals surface area contributed by atoms with Crippen LogP contribution in [0, 0.1) is 0 Å². The minimum atomic E-state index is -0.298. The summed E-state index contributed by atoms with van der Waals surface area (Å²) in [7, 11) is 0. The Bertz CT molecular complexity index is 461. The highest BCUT2D eigenvalue weighted by Crippen LogP contribution is 2.31. The minimum Gasteiger partial charge on any atom is -0.363 e. The van der Waals surface area contributed by atoms with E-state index in [9.17, 15) is 9.59 Å². The van der Waals surface area contributed by atoms with Crippen LogP contribution in [-0.4, -0.2) is 47.4 Å². The van der Waals surface area contributed by atoms with Crippen molar-refractivity contribution in [1.29, 1.82) is 0 Å². The molecule has 0 bridgehead atoms. The van der Waals surface area contributed by atoms with Crippen LogP contribution < -0.4 is 10.6 Å². The summed E-state index contributed by atoms with van der Waals surface area (Å²) < 4.78 is 0. The smallest absolute Gasteiger partial charge is 0.242 e. The van der Waals surface area contributed by atoms with Gasteiger partial charge in [0.15, 0.2) is 0 Å². The van der Waals surface area contributed by atoms with Gasteiger partial charge < -0.3 is 15.2 Å². The summed E-state index contributed by atoms with van der Waals surface area (Å²) in [5, 5.41) is 5.73. The maximum Gasteiger partial charge on any atom is 0.242 e. The molecule has 19 heavy (non-hydrogen) atoms. The van der Waals surface area contributed by atoms with Crippen LogP contribution in [0.5, 0.6) is 0 Å². The van der Waals surface area contributed by atoms with Crippen molar-refractivity contribution in [2.24, 2.45) is 0 Å². The maximum atomic E-state index is 12.5. The van der Waals surface area contributed by atoms with Gasteiger partial charge in [0, 0.05) is 25.0 Å². The summed E-state index contributed by atoms with van der Waals surface area (Å²) in [6.07, 6.45) is 3.90. The average molecular weight is 262 g/mol. The van der Waals surface area contributed by atoms with Crippen LogP contribution in [0.2, 0.25) is 0 Å². The van der Waals surface area contributed by atoms with Gasteiger partial charge in [-0.3, -0.25) is 14.9 Å². The standard InChI is InChI=1S/C13H18N4O2/c18-12-8-15-10(7-16-12)13(19)17-6-2-4-11(17)9-3-1-5-14-9/h1,3,5,10-11,14-15H,2,4,6-8H2,(H,16,18). The number of aromatic nitrogens is 1. The lowest BCUT2D eigenvalue weighted by Gasteiger charge is -2.31. The van der Waals surface area contributed by atoms with Crippen molar-refractivity contribution in [2.75, 3.05) is 19.6 Å². The molecule has 2 saturated heterocycles. The van der Waals surface area contributed by atoms with Crippen LogP contribution in [-0.2, 0) is 9.59 Å². The number of H-pyrrole nitrogens is 1. The summed E-state index contributed by atoms with van der Waals surface area (Å²) in [6, 6.07) is 3.82. The SMILES string of the molecule is O=C1CNC(C(=O)N2CCCC2c2ccc[nH]2)CN1. The molecule has 2 aliphatic heterocycles. The van der Waals surface area contributed by atoms with Gasteiger partial charge in [-0.15, -0.1) is 0 Å². The van der Waals surface area contributed by atoms with E-state index >= 15 is 0 Å². The van der Waals surface area contributed by atoms with E-state index in [-0.39, 0.29) is 30.4 Å². The first-order chi connectivity index (χ1) is 9.25. The lowest BCUT2D eigenvalue weighted by atomic mass is 10.1. The fourth-order valence-electron chi connectivity index (χ4n) is 2.85. The van der Waals surface area contributed by atoms with Crippen LogP contribution in [0.4, 0.5) is 0 Å². The summed E-state index contributed by atoms with van der Waals surface area (Å²) in [5.41, 5.74) is 1.09. The van der Waals surface area contributed by atoms with Gasteiger partial charge in [0.25, 0.3) is 0 Å². The summed E-state index contributed by atoms with van der Waals surface area (Å²) in [4.78, 5) is 28.7. The lowest BCUT2D eigenvalue weighted by molar-refractivity contribution is -0.135. The fraction of sp³-hybridized carbons (Fsp3) is 0.538. The molecule has 3 rings (SSSR count). The van der Waals surface area contributed by atoms with Gasteiger partial charge in [-0.2, -0.15) is 0 Å². The molecule has 2 fully saturated rings. The number of carbonyl (C=O) groups excluding carboxylic acids is 2. The lowest BCUT2D eigenvalue weighted by Crippen LogP contribution is -2.58. The Hall–Kier alpha value is -1.82. The zero-order valence-electron chi connectivity index (χ0n) is 10.7. The van der Waals surface area contributed by atoms with Crippen molar-refractivity contribution in [2.45, 2.75) is 24.9 Å². The topological polar surface area (TPSA) is 77.2 Å². The number of piperazine rings is 1. The molecule has 0 aliphatic carbocycles. The van der Waals surface area contributed by atoms with Gasteiger partial charge in [0.2, 0.25) is 11.8 Å². The molecule has 2 atom stereocenters. The monoisotopic (exact) mass is 262 g/mol. The Balaban J connectivity index is 1.70. The van der Waals surface area contributed by atoms with Crippen LogP contribution in [0.3, 0.4) is 0 Å². The molecule has 6 heteroatoms. The van der Waals surface area contributed by atoms with Crippen molar-refractivity contribution >= 4 is 11.8 Å². The Morgan fingerprint density at radius 3 is 3.00 bits per heavy atom. The first-order valence-corrected chi connectivity index (χ1v) is 6.69. The highest BCUT2D eigenvalue weighted by molar-refractivity contribution is 5.87. The minimum absolute atomic E-state index is 0.0496. The summed E-state index contributed by atoms with van der Waals surface area (Å²) in [6.45, 7) is 1.39. The van der Waals surface area contributed by atoms with E-state index in [4.69, 9.17) is 0 Å². The first kappa shape index (κ1) is 12.2. The zero-order chi connectivity index (χ0) is 13.2. The van der Waals surface area contributed by atoms with Crippen LogP contribution in [0.15, 0.2) is 18.3 Å². The average Bonchev–Trinajstić information content (AvgIpc) is 3.09. The molecule has 3 N–H and O–H groups in total. The number of amides is 2. The van der Waals surface area contributed by atoms with Crippen molar-refractivity contribution in [3.8, 4) is 0 Å². The quantitative estimate of drug-likeness (QED) is 0.689. The Kier molecular flexibility index (Phi) is 3.25. The van der Waals surface area contributed by atoms with Gasteiger partial charge in [0.05, 0.1) is 12.6 Å². The molecular formula is C13H18N4O2. The van der Waals surface area contributed by atoms with E-state index in [2.05, 4.69) is 15.6 Å². The second-order valence-electron chi connectivity index (χ2n) is 5.05. The Morgan fingerprint density at radius 1 is 1.42 bits per heavy atom. The molecule has 2 aliphatic rings. The highest BCUT2D eigenvalue weighted by Gasteiger charge is 2.35. The molecule has 0 aromatic carbocycles. The molecule has 0 spiro atoms. The third-order valence-corrected chi connectivity index (χ3v) is 3.83. The van der Waals surface area contributed by atoms with E-state index in [1.54, 1.807) is 0 Å². The molecule has 3 heterocycles. The Morgan fingerprint density at radius 2 is 2.32 bits per heavy atom. The van der Waals surface area contributed by atoms with Gasteiger partial charge in [-0.05, 0) is 25.0 Å². The number of likely N-dealkylation sites (tertiary alicyclic amines) is 1. The van der Waals surface area contributed by atoms with Crippen molar-refractivity contribution in [3.63, 3.8) is 0 Å². The third kappa shape index (κ3) is 2.35.